The third-order valence-electron chi connectivity index (χ3n) is 9.93. The molecule has 48 heavy (non-hydrogen) atoms. The van der Waals surface area contributed by atoms with Crippen LogP contribution in [0.5, 0.6) is 6.01 Å². The molecule has 0 aliphatic carbocycles. The number of halogens is 5. The van der Waals surface area contributed by atoms with Crippen LogP contribution in [0.3, 0.4) is 0 Å². The molecule has 3 aliphatic heterocycles. The van der Waals surface area contributed by atoms with Gasteiger partial charge in [0.25, 0.3) is 6.43 Å². The number of hydrogen-bond acceptors (Lipinski definition) is 9. The second-order valence-corrected chi connectivity index (χ2v) is 14.8. The van der Waals surface area contributed by atoms with Crippen molar-refractivity contribution in [2.75, 3.05) is 50.9 Å². The molecule has 7 heterocycles. The fourth-order valence-electron chi connectivity index (χ4n) is 7.90. The lowest BCUT2D eigenvalue weighted by molar-refractivity contribution is -0.0123. The Labute approximate surface area is 291 Å². The molecule has 1 aromatic carbocycles. The van der Waals surface area contributed by atoms with Crippen LogP contribution in [-0.4, -0.2) is 103 Å². The van der Waals surface area contributed by atoms with Gasteiger partial charge in [-0.3, -0.25) is 15.0 Å². The van der Waals surface area contributed by atoms with E-state index >= 15 is 0 Å². The van der Waals surface area contributed by atoms with Crippen molar-refractivity contribution in [1.29, 1.82) is 0 Å². The van der Waals surface area contributed by atoms with Gasteiger partial charge in [-0.05, 0) is 61.0 Å². The van der Waals surface area contributed by atoms with Gasteiger partial charge in [0.2, 0.25) is 0 Å². The van der Waals surface area contributed by atoms with Gasteiger partial charge in [-0.25, -0.2) is 13.2 Å². The number of rotatable bonds is 6. The minimum absolute atomic E-state index is 0.101. The van der Waals surface area contributed by atoms with E-state index in [1.807, 2.05) is 27.5 Å². The number of aromatic nitrogens is 6. The normalized spacial score (nSPS) is 25.2. The van der Waals surface area contributed by atoms with Crippen LogP contribution in [-0.2, 0) is 11.8 Å². The number of aliphatic hydroxyl groups is 1. The molecule has 3 aliphatic rings. The number of aromatic amines is 1. The molecule has 3 atom stereocenters. The van der Waals surface area contributed by atoms with E-state index in [4.69, 9.17) is 31.0 Å². The number of aryl methyl sites for hydroxylation is 1. The zero-order valence-electron chi connectivity index (χ0n) is 26.2. The molecule has 254 valence electrons. The summed E-state index contributed by atoms with van der Waals surface area (Å²) in [4.78, 5) is 18.6. The van der Waals surface area contributed by atoms with Crippen molar-refractivity contribution >= 4 is 72.8 Å². The molecule has 0 bridgehead atoms. The number of anilines is 1. The highest BCUT2D eigenvalue weighted by molar-refractivity contribution is 14.1. The molecule has 0 radical (unpaired) electrons. The van der Waals surface area contributed by atoms with Gasteiger partial charge in [0, 0.05) is 54.7 Å². The first kappa shape index (κ1) is 32.2. The van der Waals surface area contributed by atoms with Crippen molar-refractivity contribution in [1.82, 2.24) is 34.6 Å². The summed E-state index contributed by atoms with van der Waals surface area (Å²) in [6.45, 7) is 4.29. The van der Waals surface area contributed by atoms with Gasteiger partial charge in [-0.15, -0.1) is 0 Å². The Morgan fingerprint density at radius 1 is 1.27 bits per heavy atom. The van der Waals surface area contributed by atoms with Gasteiger partial charge < -0.3 is 24.0 Å². The first-order chi connectivity index (χ1) is 23.0. The summed E-state index contributed by atoms with van der Waals surface area (Å²) < 4.78 is 58.5. The van der Waals surface area contributed by atoms with Gasteiger partial charge in [-0.2, -0.15) is 15.1 Å². The molecule has 0 unspecified atom stereocenters. The van der Waals surface area contributed by atoms with Crippen LogP contribution in [0, 0.1) is 3.70 Å². The molecule has 3 saturated heterocycles. The third kappa shape index (κ3) is 5.18. The fraction of sp³-hybridized carbons (Fsp3) is 0.500. The summed E-state index contributed by atoms with van der Waals surface area (Å²) in [5.41, 5.74) is 0.0676. The number of fused-ring (bicyclic) bond motifs is 5. The van der Waals surface area contributed by atoms with E-state index in [0.717, 1.165) is 19.4 Å². The van der Waals surface area contributed by atoms with Crippen LogP contribution in [0.15, 0.2) is 18.3 Å². The molecule has 3 fully saturated rings. The monoisotopic (exact) mass is 796 g/mol. The van der Waals surface area contributed by atoms with E-state index in [1.54, 1.807) is 30.8 Å². The van der Waals surface area contributed by atoms with Gasteiger partial charge in [-0.1, -0.05) is 11.6 Å². The van der Waals surface area contributed by atoms with Crippen molar-refractivity contribution < 1.29 is 27.8 Å². The first-order valence-electron chi connectivity index (χ1n) is 15.8. The minimum atomic E-state index is -2.89. The minimum Gasteiger partial charge on any atom is -0.461 e. The Morgan fingerprint density at radius 3 is 2.92 bits per heavy atom. The van der Waals surface area contributed by atoms with Gasteiger partial charge in [0.1, 0.15) is 33.5 Å². The molecular formula is C32H33ClF3IN8O3. The van der Waals surface area contributed by atoms with Crippen LogP contribution < -0.4 is 9.64 Å². The number of alkyl halides is 3. The average molecular weight is 797 g/mol. The summed E-state index contributed by atoms with van der Waals surface area (Å²) in [6.07, 6.45) is -0.0427. The standard InChI is InChI=1S/C32H33ClF3IN8O3/c1-31(46)13-44(8-9-47-14-31)29-20-17-4-6-38-24(23-21(26(35)36)18(33)10-19-22(23)27(37)42-41-19)25(17)43(2)28(20)39-30(40-29)48-15-32-5-3-7-45(32)12-16(34)11-32/h4,6,10,16,26,46H,3,5,7-9,11-15H2,1-2H3,(H,41,42)/t16-,31+,32+/m1/s1. The van der Waals surface area contributed by atoms with Crippen molar-refractivity contribution in [2.24, 2.45) is 7.05 Å². The van der Waals surface area contributed by atoms with E-state index in [-0.39, 0.29) is 47.6 Å². The summed E-state index contributed by atoms with van der Waals surface area (Å²) in [5, 5.41) is 20.0. The van der Waals surface area contributed by atoms with Crippen LogP contribution in [0.1, 0.15) is 38.2 Å². The Bertz CT molecular complexity index is 2080. The number of nitrogens with zero attached hydrogens (tertiary/aromatic N) is 7. The first-order valence-corrected chi connectivity index (χ1v) is 17.3. The Kier molecular flexibility index (Phi) is 7.93. The summed E-state index contributed by atoms with van der Waals surface area (Å²) >= 11 is 8.50. The van der Waals surface area contributed by atoms with Gasteiger partial charge in [0.15, 0.2) is 0 Å². The number of hydrogen-bond donors (Lipinski definition) is 2. The largest absolute Gasteiger partial charge is 0.461 e. The molecule has 0 spiro atoms. The predicted molar refractivity (Wildman–Crippen MR) is 184 cm³/mol. The Balaban J connectivity index is 1.36. The van der Waals surface area contributed by atoms with Crippen molar-refractivity contribution in [3.8, 4) is 17.3 Å². The second kappa shape index (κ2) is 11.8. The lowest BCUT2D eigenvalue weighted by atomic mass is 9.95. The number of pyridine rings is 1. The zero-order valence-corrected chi connectivity index (χ0v) is 29.2. The molecule has 11 nitrogen and oxygen atoms in total. The number of nitrogens with one attached hydrogen (secondary N) is 1. The average Bonchev–Trinajstić information content (AvgIpc) is 3.73. The zero-order chi connectivity index (χ0) is 33.5. The van der Waals surface area contributed by atoms with E-state index in [0.29, 0.717) is 68.5 Å². The number of ether oxygens (including phenoxy) is 2. The highest BCUT2D eigenvalue weighted by Crippen LogP contribution is 2.46. The van der Waals surface area contributed by atoms with E-state index < -0.39 is 23.7 Å². The Hall–Kier alpha value is -2.99. The topological polar surface area (TPSA) is 117 Å². The molecule has 4 aromatic heterocycles. The lowest BCUT2D eigenvalue weighted by Crippen LogP contribution is -2.44. The maximum absolute atomic E-state index is 14.8. The van der Waals surface area contributed by atoms with Crippen LogP contribution in [0.25, 0.3) is 44.1 Å². The van der Waals surface area contributed by atoms with Crippen LogP contribution in [0.4, 0.5) is 19.0 Å². The maximum atomic E-state index is 14.8. The predicted octanol–water partition coefficient (Wildman–Crippen LogP) is 5.80. The molecule has 0 saturated carbocycles. The summed E-state index contributed by atoms with van der Waals surface area (Å²) in [5.74, 6) is 0.502. The second-order valence-electron chi connectivity index (χ2n) is 13.4. The quantitative estimate of drug-likeness (QED) is 0.206. The third-order valence-corrected chi connectivity index (χ3v) is 11.0. The molecule has 5 aromatic rings. The lowest BCUT2D eigenvalue weighted by Gasteiger charge is -2.31. The SMILES string of the molecule is Cn1c2nc(OC[C@@]34CCCN3C[C@H](F)C4)nc(N3CCOC[C@@](C)(O)C3)c2c2ccnc(-c3c(C(F)F)c(Cl)cc4[nH]nc(I)c34)c21. The van der Waals surface area contributed by atoms with E-state index in [2.05, 4.69) is 20.1 Å². The van der Waals surface area contributed by atoms with Gasteiger partial charge >= 0.3 is 6.01 Å². The smallest absolute Gasteiger partial charge is 0.320 e. The molecule has 0 amide bonds. The summed E-state index contributed by atoms with van der Waals surface area (Å²) in [6, 6.07) is 3.37. The molecular weight excluding hydrogens is 764 g/mol. The van der Waals surface area contributed by atoms with Crippen molar-refractivity contribution in [2.45, 2.75) is 49.9 Å². The number of H-pyrrole nitrogens is 1. The maximum Gasteiger partial charge on any atom is 0.320 e. The molecule has 8 rings (SSSR count). The van der Waals surface area contributed by atoms with Crippen LogP contribution >= 0.6 is 34.2 Å². The van der Waals surface area contributed by atoms with E-state index in [9.17, 15) is 18.3 Å². The highest BCUT2D eigenvalue weighted by atomic mass is 127. The van der Waals surface area contributed by atoms with E-state index in [1.165, 1.54) is 6.07 Å². The van der Waals surface area contributed by atoms with Gasteiger partial charge in [0.05, 0.1) is 52.4 Å². The fourth-order valence-corrected chi connectivity index (χ4v) is 8.87. The van der Waals surface area contributed by atoms with Crippen molar-refractivity contribution in [3.05, 3.63) is 32.6 Å². The number of benzene rings is 1. The summed E-state index contributed by atoms with van der Waals surface area (Å²) in [7, 11) is 1.80. The highest BCUT2D eigenvalue weighted by Gasteiger charge is 2.49. The number of β-amino-alcohol motifs (C(OH)–C–C–N with tert-alkyl or cyclic N) is 1. The molecule has 2 N–H and O–H groups in total. The van der Waals surface area contributed by atoms with Crippen molar-refractivity contribution in [3.63, 3.8) is 0 Å². The van der Waals surface area contributed by atoms with Crippen LogP contribution in [0.2, 0.25) is 5.02 Å². The molecule has 16 heteroatoms. The Morgan fingerprint density at radius 2 is 2.10 bits per heavy atom.